The van der Waals surface area contributed by atoms with Crippen molar-refractivity contribution in [2.45, 2.75) is 39.5 Å². The third kappa shape index (κ3) is 16.3. The second kappa shape index (κ2) is 19.0. The SMILES string of the molecule is CCNCCCCNCC=C(CS)CNCCCCNCC. The molecule has 0 aliphatic heterocycles. The summed E-state index contributed by atoms with van der Waals surface area (Å²) in [5.74, 6) is 0.840. The molecule has 0 aromatic carbocycles. The lowest BCUT2D eigenvalue weighted by atomic mass is 10.2. The highest BCUT2D eigenvalue weighted by Gasteiger charge is 1.95. The Morgan fingerprint density at radius 2 is 1.27 bits per heavy atom. The van der Waals surface area contributed by atoms with Gasteiger partial charge in [0.05, 0.1) is 0 Å². The Bertz CT molecular complexity index is 247. The molecule has 5 heteroatoms. The molecule has 0 saturated carbocycles. The van der Waals surface area contributed by atoms with Gasteiger partial charge in [-0.05, 0) is 70.5 Å². The monoisotopic (exact) mass is 330 g/mol. The van der Waals surface area contributed by atoms with Crippen LogP contribution in [0.15, 0.2) is 11.6 Å². The molecule has 4 nitrogen and oxygen atoms in total. The van der Waals surface area contributed by atoms with Crippen LogP contribution in [0.2, 0.25) is 0 Å². The highest BCUT2D eigenvalue weighted by Crippen LogP contribution is 1.96. The van der Waals surface area contributed by atoms with Crippen molar-refractivity contribution in [2.24, 2.45) is 0 Å². The van der Waals surface area contributed by atoms with E-state index in [2.05, 4.69) is 53.8 Å². The van der Waals surface area contributed by atoms with E-state index in [-0.39, 0.29) is 0 Å². The first-order valence-corrected chi connectivity index (χ1v) is 9.60. The molecule has 0 aromatic heterocycles. The minimum atomic E-state index is 0.840. The Morgan fingerprint density at radius 3 is 1.77 bits per heavy atom. The van der Waals surface area contributed by atoms with Crippen molar-refractivity contribution in [2.75, 3.05) is 58.1 Å². The molecule has 0 fully saturated rings. The van der Waals surface area contributed by atoms with E-state index in [0.717, 1.165) is 58.1 Å². The summed E-state index contributed by atoms with van der Waals surface area (Å²) in [6.07, 6.45) is 7.24. The molecule has 0 radical (unpaired) electrons. The van der Waals surface area contributed by atoms with Crippen LogP contribution in [0.25, 0.3) is 0 Å². The predicted octanol–water partition coefficient (Wildman–Crippen LogP) is 1.80. The van der Waals surface area contributed by atoms with Gasteiger partial charge in [-0.2, -0.15) is 12.6 Å². The summed E-state index contributed by atoms with van der Waals surface area (Å²) in [5.41, 5.74) is 1.38. The van der Waals surface area contributed by atoms with Crippen LogP contribution in [0.5, 0.6) is 0 Å². The van der Waals surface area contributed by atoms with Crippen molar-refractivity contribution in [3.63, 3.8) is 0 Å². The Balaban J connectivity index is 3.43. The van der Waals surface area contributed by atoms with Crippen LogP contribution >= 0.6 is 12.6 Å². The number of hydrogen-bond donors (Lipinski definition) is 5. The van der Waals surface area contributed by atoms with Crippen LogP contribution < -0.4 is 21.3 Å². The maximum absolute atomic E-state index is 4.41. The van der Waals surface area contributed by atoms with Gasteiger partial charge >= 0.3 is 0 Å². The van der Waals surface area contributed by atoms with Gasteiger partial charge in [0, 0.05) is 18.8 Å². The zero-order valence-corrected chi connectivity index (χ0v) is 15.6. The summed E-state index contributed by atoms with van der Waals surface area (Å²) in [5, 5.41) is 13.7. The van der Waals surface area contributed by atoms with E-state index in [4.69, 9.17) is 0 Å². The quantitative estimate of drug-likeness (QED) is 0.160. The minimum Gasteiger partial charge on any atom is -0.317 e. The first kappa shape index (κ1) is 21.9. The van der Waals surface area contributed by atoms with Crippen LogP contribution in [0.4, 0.5) is 0 Å². The maximum atomic E-state index is 4.41. The van der Waals surface area contributed by atoms with E-state index >= 15 is 0 Å². The van der Waals surface area contributed by atoms with Gasteiger partial charge in [-0.1, -0.05) is 19.9 Å². The second-order valence-electron chi connectivity index (χ2n) is 5.52. The topological polar surface area (TPSA) is 48.1 Å². The third-order valence-corrected chi connectivity index (χ3v) is 3.91. The molecule has 0 spiro atoms. The minimum absolute atomic E-state index is 0.840. The van der Waals surface area contributed by atoms with Crippen LogP contribution in [-0.2, 0) is 0 Å². The summed E-state index contributed by atoms with van der Waals surface area (Å²) in [6.45, 7) is 12.8. The van der Waals surface area contributed by atoms with Gasteiger partial charge in [0.25, 0.3) is 0 Å². The van der Waals surface area contributed by atoms with E-state index in [9.17, 15) is 0 Å². The Morgan fingerprint density at radius 1 is 0.773 bits per heavy atom. The molecule has 0 amide bonds. The molecule has 0 aromatic rings. The summed E-state index contributed by atoms with van der Waals surface area (Å²) in [4.78, 5) is 0. The number of hydrogen-bond acceptors (Lipinski definition) is 5. The summed E-state index contributed by atoms with van der Waals surface area (Å²) in [7, 11) is 0. The standard InChI is InChI=1S/C17H38N4S/c1-3-18-10-5-7-12-20-14-9-17(16-22)15-21-13-8-6-11-19-4-2/h9,18-22H,3-8,10-16H2,1-2H3. The molecule has 22 heavy (non-hydrogen) atoms. The van der Waals surface area contributed by atoms with E-state index in [0.29, 0.717) is 0 Å². The van der Waals surface area contributed by atoms with Crippen molar-refractivity contribution in [1.82, 2.24) is 21.3 Å². The number of nitrogens with one attached hydrogen (secondary N) is 4. The normalized spacial score (nSPS) is 12.0. The second-order valence-corrected chi connectivity index (χ2v) is 5.84. The van der Waals surface area contributed by atoms with Crippen molar-refractivity contribution < 1.29 is 0 Å². The fourth-order valence-electron chi connectivity index (χ4n) is 2.11. The predicted molar refractivity (Wildman–Crippen MR) is 103 cm³/mol. The molecular formula is C17H38N4S. The number of thiol groups is 1. The lowest BCUT2D eigenvalue weighted by Crippen LogP contribution is -2.22. The molecule has 0 aliphatic carbocycles. The highest BCUT2D eigenvalue weighted by molar-refractivity contribution is 7.80. The van der Waals surface area contributed by atoms with Crippen molar-refractivity contribution in [1.29, 1.82) is 0 Å². The first-order valence-electron chi connectivity index (χ1n) is 8.96. The molecule has 4 N–H and O–H groups in total. The zero-order chi connectivity index (χ0) is 16.3. The number of unbranched alkanes of at least 4 members (excludes halogenated alkanes) is 2. The molecule has 0 unspecified atom stereocenters. The van der Waals surface area contributed by atoms with Crippen molar-refractivity contribution in [3.8, 4) is 0 Å². The highest BCUT2D eigenvalue weighted by atomic mass is 32.1. The van der Waals surface area contributed by atoms with Gasteiger partial charge in [0.2, 0.25) is 0 Å². The lowest BCUT2D eigenvalue weighted by molar-refractivity contribution is 0.602. The van der Waals surface area contributed by atoms with Gasteiger partial charge in [-0.25, -0.2) is 0 Å². The summed E-state index contributed by atoms with van der Waals surface area (Å²) >= 11 is 4.41. The molecule has 132 valence electrons. The van der Waals surface area contributed by atoms with E-state index in [1.54, 1.807) is 0 Å². The van der Waals surface area contributed by atoms with Crippen LogP contribution in [0.1, 0.15) is 39.5 Å². The van der Waals surface area contributed by atoms with E-state index < -0.39 is 0 Å². The Hall–Kier alpha value is -0.0700. The average Bonchev–Trinajstić information content (AvgIpc) is 2.54. The first-order chi connectivity index (χ1) is 10.8. The van der Waals surface area contributed by atoms with E-state index in [1.165, 1.54) is 31.3 Å². The van der Waals surface area contributed by atoms with Gasteiger partial charge in [-0.3, -0.25) is 0 Å². The van der Waals surface area contributed by atoms with Gasteiger partial charge in [-0.15, -0.1) is 0 Å². The zero-order valence-electron chi connectivity index (χ0n) is 14.7. The maximum Gasteiger partial charge on any atom is 0.0173 e. The smallest absolute Gasteiger partial charge is 0.0173 e. The molecule has 0 heterocycles. The van der Waals surface area contributed by atoms with Crippen molar-refractivity contribution >= 4 is 12.6 Å². The van der Waals surface area contributed by atoms with Crippen LogP contribution in [-0.4, -0.2) is 58.1 Å². The molecule has 0 saturated heterocycles. The van der Waals surface area contributed by atoms with Crippen LogP contribution in [0, 0.1) is 0 Å². The van der Waals surface area contributed by atoms with Gasteiger partial charge in [0.15, 0.2) is 0 Å². The van der Waals surface area contributed by atoms with E-state index in [1.807, 2.05) is 0 Å². The molecule has 0 aliphatic rings. The Labute approximate surface area is 143 Å². The van der Waals surface area contributed by atoms with Crippen LogP contribution in [0.3, 0.4) is 0 Å². The molecular weight excluding hydrogens is 292 g/mol. The van der Waals surface area contributed by atoms with Gasteiger partial charge < -0.3 is 21.3 Å². The number of rotatable bonds is 17. The summed E-state index contributed by atoms with van der Waals surface area (Å²) in [6, 6.07) is 0. The molecule has 0 atom stereocenters. The average molecular weight is 331 g/mol. The van der Waals surface area contributed by atoms with Crippen molar-refractivity contribution in [3.05, 3.63) is 11.6 Å². The molecule has 0 bridgehead atoms. The van der Waals surface area contributed by atoms with Gasteiger partial charge in [0.1, 0.15) is 0 Å². The summed E-state index contributed by atoms with van der Waals surface area (Å²) < 4.78 is 0. The lowest BCUT2D eigenvalue weighted by Gasteiger charge is -2.08. The fraction of sp³-hybridized carbons (Fsp3) is 0.882. The third-order valence-electron chi connectivity index (χ3n) is 3.50. The fourth-order valence-corrected chi connectivity index (χ4v) is 2.35. The Kier molecular flexibility index (Phi) is 18.9. The largest absolute Gasteiger partial charge is 0.317 e. The molecule has 0 rings (SSSR count).